The van der Waals surface area contributed by atoms with Crippen molar-refractivity contribution in [1.29, 1.82) is 0 Å². The van der Waals surface area contributed by atoms with Gasteiger partial charge in [-0.25, -0.2) is 9.69 Å². The Kier molecular flexibility index (Phi) is 4.88. The zero-order valence-electron chi connectivity index (χ0n) is 17.0. The first-order valence-corrected chi connectivity index (χ1v) is 10.8. The number of aromatic hydroxyl groups is 1. The average molecular weight is 465 g/mol. The maximum Gasteiger partial charge on any atom is 0.416 e. The number of carboxylic acid groups (broad SMARTS) is 1. The fourth-order valence-corrected chi connectivity index (χ4v) is 4.63. The zero-order valence-corrected chi connectivity index (χ0v) is 18.5. The second-order valence-electron chi connectivity index (χ2n) is 7.61. The topological polar surface area (TPSA) is 76.6 Å². The van der Waals surface area contributed by atoms with Gasteiger partial charge in [0.2, 0.25) is 0 Å². The van der Waals surface area contributed by atoms with Crippen LogP contribution >= 0.6 is 23.2 Å². The minimum Gasteiger partial charge on any atom is -0.506 e. The molecule has 5 rings (SSSR count). The molecule has 0 unspecified atom stereocenters. The number of anilines is 2. The molecule has 0 aliphatic rings. The first-order valence-electron chi connectivity index (χ1n) is 10.1. The number of H-pyrrole nitrogens is 1. The van der Waals surface area contributed by atoms with Gasteiger partial charge in [0, 0.05) is 31.7 Å². The number of hydrogen-bond acceptors (Lipinski definition) is 2. The van der Waals surface area contributed by atoms with Gasteiger partial charge in [-0.05, 0) is 65.9 Å². The van der Waals surface area contributed by atoms with E-state index in [0.717, 1.165) is 43.0 Å². The largest absolute Gasteiger partial charge is 0.506 e. The third-order valence-electron chi connectivity index (χ3n) is 5.74. The summed E-state index contributed by atoms with van der Waals surface area (Å²) in [5.41, 5.74) is 3.19. The lowest BCUT2D eigenvalue weighted by Crippen LogP contribution is -2.24. The molecule has 0 aliphatic carbocycles. The number of halogens is 2. The molecule has 1 amide bonds. The molecule has 0 bridgehead atoms. The summed E-state index contributed by atoms with van der Waals surface area (Å²) in [6, 6.07) is 17.8. The van der Waals surface area contributed by atoms with Gasteiger partial charge in [0.25, 0.3) is 0 Å². The van der Waals surface area contributed by atoms with Gasteiger partial charge >= 0.3 is 6.09 Å². The fraction of sp³-hybridized carbons (Fsp3) is 0.0800. The van der Waals surface area contributed by atoms with Crippen molar-refractivity contribution in [2.45, 2.75) is 13.3 Å². The molecule has 0 radical (unpaired) electrons. The minimum atomic E-state index is -1.20. The van der Waals surface area contributed by atoms with Crippen LogP contribution in [0.2, 0.25) is 10.0 Å². The summed E-state index contributed by atoms with van der Waals surface area (Å²) in [6.45, 7) is 1.92. The highest BCUT2D eigenvalue weighted by Gasteiger charge is 2.24. The van der Waals surface area contributed by atoms with E-state index in [-0.39, 0.29) is 11.4 Å². The molecule has 0 saturated heterocycles. The van der Waals surface area contributed by atoms with Gasteiger partial charge in [0.15, 0.2) is 0 Å². The second kappa shape index (κ2) is 7.62. The maximum absolute atomic E-state index is 12.3. The number of aryl methyl sites for hydroxylation is 1. The second-order valence-corrected chi connectivity index (χ2v) is 8.48. The van der Waals surface area contributed by atoms with Gasteiger partial charge in [-0.1, -0.05) is 42.3 Å². The number of hydrogen-bond donors (Lipinski definition) is 3. The van der Waals surface area contributed by atoms with Crippen molar-refractivity contribution in [3.8, 4) is 5.75 Å². The molecule has 0 saturated carbocycles. The molecule has 1 aromatic heterocycles. The lowest BCUT2D eigenvalue weighted by molar-refractivity contribution is 0.204. The number of phenols is 1. The monoisotopic (exact) mass is 464 g/mol. The van der Waals surface area contributed by atoms with Crippen molar-refractivity contribution >= 4 is 73.2 Å². The summed E-state index contributed by atoms with van der Waals surface area (Å²) in [7, 11) is 0. The molecular weight excluding hydrogens is 447 g/mol. The van der Waals surface area contributed by atoms with Gasteiger partial charge in [-0.15, -0.1) is 0 Å². The maximum atomic E-state index is 12.3. The lowest BCUT2D eigenvalue weighted by atomic mass is 10.0. The smallest absolute Gasteiger partial charge is 0.416 e. The van der Waals surface area contributed by atoms with E-state index in [2.05, 4.69) is 4.98 Å². The molecule has 32 heavy (non-hydrogen) atoms. The number of amides is 1. The van der Waals surface area contributed by atoms with Crippen LogP contribution in [-0.2, 0) is 6.42 Å². The third kappa shape index (κ3) is 3.22. The van der Waals surface area contributed by atoms with Crippen LogP contribution in [0.1, 0.15) is 12.5 Å². The summed E-state index contributed by atoms with van der Waals surface area (Å²) in [5.74, 6) is -0.138. The Morgan fingerprint density at radius 3 is 2.41 bits per heavy atom. The molecule has 0 aliphatic heterocycles. The third-order valence-corrected chi connectivity index (χ3v) is 6.21. The lowest BCUT2D eigenvalue weighted by Gasteiger charge is -2.23. The molecule has 160 valence electrons. The highest BCUT2D eigenvalue weighted by atomic mass is 35.5. The molecule has 3 N–H and O–H groups in total. The molecule has 0 spiro atoms. The Bertz CT molecular complexity index is 1540. The Morgan fingerprint density at radius 2 is 1.66 bits per heavy atom. The summed E-state index contributed by atoms with van der Waals surface area (Å²) >= 11 is 12.3. The van der Waals surface area contributed by atoms with Gasteiger partial charge in [-0.2, -0.15) is 0 Å². The zero-order chi connectivity index (χ0) is 22.6. The average Bonchev–Trinajstić information content (AvgIpc) is 3.13. The van der Waals surface area contributed by atoms with Gasteiger partial charge in [0.1, 0.15) is 5.75 Å². The van der Waals surface area contributed by atoms with Crippen LogP contribution < -0.4 is 4.90 Å². The molecule has 7 heteroatoms. The molecule has 4 aromatic carbocycles. The Hall–Kier alpha value is -3.41. The number of nitrogens with zero attached hydrogens (tertiary/aromatic N) is 1. The van der Waals surface area contributed by atoms with Crippen molar-refractivity contribution in [1.82, 2.24) is 4.98 Å². The quantitative estimate of drug-likeness (QED) is 0.254. The predicted octanol–water partition coefficient (Wildman–Crippen LogP) is 7.87. The SMILES string of the molecule is CCc1cc(Cl)ccc1N(C(=O)O)c1cc2ccc3c4cc(Cl)ccc4[nH]c3c2cc1O. The van der Waals surface area contributed by atoms with E-state index in [9.17, 15) is 15.0 Å². The van der Waals surface area contributed by atoms with Crippen LogP contribution in [0.25, 0.3) is 32.6 Å². The van der Waals surface area contributed by atoms with Gasteiger partial charge < -0.3 is 15.2 Å². The minimum absolute atomic E-state index is 0.138. The number of benzene rings is 4. The standard InChI is InChI=1S/C25H18Cl2N2O3/c1-2-13-9-15(26)5-8-21(13)29(25(31)32)22-10-14-3-6-17-19-11-16(27)4-7-20(19)28-24(17)18(14)12-23(22)30/h3-12,28,30H,2H2,1H3,(H,31,32). The number of nitrogens with one attached hydrogen (secondary N) is 1. The number of fused-ring (bicyclic) bond motifs is 5. The fourth-order valence-electron chi connectivity index (χ4n) is 4.26. The van der Waals surface area contributed by atoms with Crippen LogP contribution in [0, 0.1) is 0 Å². The summed E-state index contributed by atoms with van der Waals surface area (Å²) in [5, 5.41) is 25.7. The summed E-state index contributed by atoms with van der Waals surface area (Å²) in [6.07, 6.45) is -0.607. The highest BCUT2D eigenvalue weighted by molar-refractivity contribution is 6.32. The van der Waals surface area contributed by atoms with E-state index >= 15 is 0 Å². The Labute approximate surface area is 193 Å². The van der Waals surface area contributed by atoms with E-state index in [1.54, 1.807) is 30.3 Å². The van der Waals surface area contributed by atoms with E-state index in [4.69, 9.17) is 23.2 Å². The van der Waals surface area contributed by atoms with Crippen molar-refractivity contribution in [3.63, 3.8) is 0 Å². The van der Waals surface area contributed by atoms with Crippen LogP contribution in [0.15, 0.2) is 60.7 Å². The number of rotatable bonds is 3. The van der Waals surface area contributed by atoms with E-state index in [1.807, 2.05) is 37.3 Å². The van der Waals surface area contributed by atoms with Gasteiger partial charge in [-0.3, -0.25) is 0 Å². The Balaban J connectivity index is 1.75. The summed E-state index contributed by atoms with van der Waals surface area (Å²) < 4.78 is 0. The predicted molar refractivity (Wildman–Crippen MR) is 131 cm³/mol. The van der Waals surface area contributed by atoms with Crippen molar-refractivity contribution in [2.24, 2.45) is 0 Å². The molecule has 0 fully saturated rings. The number of carbonyl (C=O) groups is 1. The van der Waals surface area contributed by atoms with Crippen LogP contribution in [0.3, 0.4) is 0 Å². The van der Waals surface area contributed by atoms with E-state index in [0.29, 0.717) is 22.2 Å². The van der Waals surface area contributed by atoms with Crippen LogP contribution in [0.4, 0.5) is 16.2 Å². The normalized spacial score (nSPS) is 11.5. The molecular formula is C25H18Cl2N2O3. The molecule has 5 nitrogen and oxygen atoms in total. The number of aromatic nitrogens is 1. The number of phenolic OH excluding ortho intramolecular Hbond substituents is 1. The van der Waals surface area contributed by atoms with Crippen molar-refractivity contribution < 1.29 is 15.0 Å². The van der Waals surface area contributed by atoms with Crippen LogP contribution in [-0.4, -0.2) is 21.3 Å². The molecule has 1 heterocycles. The first kappa shape index (κ1) is 20.5. The number of aromatic amines is 1. The molecule has 0 atom stereocenters. The Morgan fingerprint density at radius 1 is 0.906 bits per heavy atom. The first-order chi connectivity index (χ1) is 15.4. The highest BCUT2D eigenvalue weighted by Crippen LogP contribution is 2.41. The summed E-state index contributed by atoms with van der Waals surface area (Å²) in [4.78, 5) is 16.8. The van der Waals surface area contributed by atoms with Crippen LogP contribution in [0.5, 0.6) is 5.75 Å². The van der Waals surface area contributed by atoms with Crippen molar-refractivity contribution in [3.05, 3.63) is 76.3 Å². The molecule has 5 aromatic rings. The van der Waals surface area contributed by atoms with Gasteiger partial charge in [0.05, 0.1) is 16.9 Å². The van der Waals surface area contributed by atoms with E-state index < -0.39 is 6.09 Å². The van der Waals surface area contributed by atoms with E-state index in [1.165, 1.54) is 0 Å². The van der Waals surface area contributed by atoms with Crippen molar-refractivity contribution in [2.75, 3.05) is 4.90 Å².